The lowest BCUT2D eigenvalue weighted by atomic mass is 10.1. The summed E-state index contributed by atoms with van der Waals surface area (Å²) in [6, 6.07) is 6.36. The van der Waals surface area contributed by atoms with Crippen molar-refractivity contribution in [2.75, 3.05) is 45.3 Å². The maximum atomic E-state index is 5.41. The van der Waals surface area contributed by atoms with Gasteiger partial charge in [0.1, 0.15) is 11.5 Å². The highest BCUT2D eigenvalue weighted by molar-refractivity contribution is 14.0. The van der Waals surface area contributed by atoms with E-state index in [0.29, 0.717) is 6.04 Å². The minimum Gasteiger partial charge on any atom is -0.497 e. The van der Waals surface area contributed by atoms with Gasteiger partial charge in [-0.1, -0.05) is 0 Å². The first-order valence-electron chi connectivity index (χ1n) is 10.6. The van der Waals surface area contributed by atoms with Crippen LogP contribution in [0.4, 0.5) is 5.69 Å². The molecular weight excluding hydrogens is 507 g/mol. The third kappa shape index (κ3) is 7.19. The lowest BCUT2D eigenvalue weighted by Crippen LogP contribution is -2.44. The van der Waals surface area contributed by atoms with Crippen molar-refractivity contribution in [1.82, 2.24) is 20.8 Å². The van der Waals surface area contributed by atoms with Gasteiger partial charge in [0, 0.05) is 61.8 Å². The third-order valence-electron chi connectivity index (χ3n) is 5.38. The number of benzene rings is 1. The first-order valence-corrected chi connectivity index (χ1v) is 10.6. The van der Waals surface area contributed by atoms with Gasteiger partial charge in [0.15, 0.2) is 5.96 Å². The normalized spacial score (nSPS) is 16.1. The molecule has 9 heteroatoms. The van der Waals surface area contributed by atoms with E-state index in [1.54, 1.807) is 14.2 Å². The molecule has 1 aromatic heterocycles. The number of aryl methyl sites for hydroxylation is 2. The van der Waals surface area contributed by atoms with Crippen LogP contribution < -0.4 is 25.0 Å². The molecule has 31 heavy (non-hydrogen) atoms. The molecular formula is C22H35IN6O2. The number of nitrogens with one attached hydrogen (secondary N) is 3. The summed E-state index contributed by atoms with van der Waals surface area (Å²) in [4.78, 5) is 7.12. The van der Waals surface area contributed by atoms with Gasteiger partial charge in [0.25, 0.3) is 0 Å². The quantitative estimate of drug-likeness (QED) is 0.196. The Bertz CT molecular complexity index is 819. The summed E-state index contributed by atoms with van der Waals surface area (Å²) in [7, 11) is 3.36. The number of H-pyrrole nitrogens is 1. The molecule has 1 unspecified atom stereocenters. The van der Waals surface area contributed by atoms with Crippen molar-refractivity contribution in [3.63, 3.8) is 0 Å². The first-order chi connectivity index (χ1) is 14.6. The van der Waals surface area contributed by atoms with Crippen LogP contribution in [0.2, 0.25) is 0 Å². The third-order valence-corrected chi connectivity index (χ3v) is 5.38. The number of methoxy groups -OCH3 is 2. The summed E-state index contributed by atoms with van der Waals surface area (Å²) < 4.78 is 10.8. The van der Waals surface area contributed by atoms with E-state index < -0.39 is 0 Å². The molecule has 1 aliphatic heterocycles. The number of aromatic amines is 1. The van der Waals surface area contributed by atoms with Crippen LogP contribution in [0.3, 0.4) is 0 Å². The average molecular weight is 542 g/mol. The fourth-order valence-electron chi connectivity index (χ4n) is 3.69. The molecule has 0 amide bonds. The topological polar surface area (TPSA) is 86.8 Å². The Balaban J connectivity index is 0.00000341. The number of hydrogen-bond acceptors (Lipinski definition) is 5. The van der Waals surface area contributed by atoms with Gasteiger partial charge in [-0.3, -0.25) is 10.1 Å². The molecule has 1 aromatic carbocycles. The van der Waals surface area contributed by atoms with Gasteiger partial charge in [-0.25, -0.2) is 0 Å². The van der Waals surface area contributed by atoms with Gasteiger partial charge < -0.3 is 25.0 Å². The summed E-state index contributed by atoms with van der Waals surface area (Å²) >= 11 is 0. The summed E-state index contributed by atoms with van der Waals surface area (Å²) in [5.74, 6) is 2.50. The number of hydrogen-bond donors (Lipinski definition) is 3. The monoisotopic (exact) mass is 542 g/mol. The highest BCUT2D eigenvalue weighted by Gasteiger charge is 2.24. The summed E-state index contributed by atoms with van der Waals surface area (Å²) in [5.41, 5.74) is 3.53. The zero-order chi connectivity index (χ0) is 21.3. The summed E-state index contributed by atoms with van der Waals surface area (Å²) in [6.45, 7) is 7.66. The molecule has 0 saturated carbocycles. The molecule has 1 fully saturated rings. The van der Waals surface area contributed by atoms with Crippen molar-refractivity contribution >= 4 is 35.6 Å². The number of ether oxygens (including phenoxy) is 2. The van der Waals surface area contributed by atoms with Crippen molar-refractivity contribution in [1.29, 1.82) is 0 Å². The maximum Gasteiger partial charge on any atom is 0.191 e. The second kappa shape index (κ2) is 12.6. The van der Waals surface area contributed by atoms with E-state index in [0.717, 1.165) is 74.3 Å². The molecule has 0 aliphatic carbocycles. The number of anilines is 1. The van der Waals surface area contributed by atoms with Crippen LogP contribution in [0.5, 0.6) is 11.5 Å². The second-order valence-corrected chi connectivity index (χ2v) is 7.53. The molecule has 0 bridgehead atoms. The van der Waals surface area contributed by atoms with Gasteiger partial charge in [-0.15, -0.1) is 24.0 Å². The minimum atomic E-state index is 0. The number of halogens is 1. The minimum absolute atomic E-state index is 0. The molecule has 0 radical (unpaired) electrons. The number of aromatic nitrogens is 2. The lowest BCUT2D eigenvalue weighted by molar-refractivity contribution is 0.394. The zero-order valence-electron chi connectivity index (χ0n) is 18.9. The summed E-state index contributed by atoms with van der Waals surface area (Å²) in [6.07, 6.45) is 4.94. The van der Waals surface area contributed by atoms with Crippen LogP contribution in [-0.4, -0.2) is 62.6 Å². The summed E-state index contributed by atoms with van der Waals surface area (Å²) in [5, 5.41) is 14.0. The van der Waals surface area contributed by atoms with Crippen molar-refractivity contribution in [3.05, 3.63) is 35.7 Å². The van der Waals surface area contributed by atoms with E-state index in [1.807, 2.05) is 12.3 Å². The van der Waals surface area contributed by atoms with E-state index in [1.165, 1.54) is 5.56 Å². The Kier molecular flexibility index (Phi) is 10.2. The molecule has 172 valence electrons. The highest BCUT2D eigenvalue weighted by Crippen LogP contribution is 2.30. The molecule has 1 atom stereocenters. The number of aliphatic imine (C=N–C) groups is 1. The van der Waals surface area contributed by atoms with E-state index in [-0.39, 0.29) is 24.0 Å². The Morgan fingerprint density at radius 2 is 2.00 bits per heavy atom. The standard InChI is InChI=1S/C22H34N6O2.HI/c1-5-23-22(24-9-6-7-17-14-25-27-16(17)2)26-18-8-10-28(15-18)19-11-20(29-3)13-21(12-19)30-4;/h11-14,18H,5-10,15H2,1-4H3,(H,25,27)(H2,23,24,26);1H. The Morgan fingerprint density at radius 1 is 1.26 bits per heavy atom. The van der Waals surface area contributed by atoms with Crippen LogP contribution in [0.15, 0.2) is 29.4 Å². The Labute approximate surface area is 202 Å². The van der Waals surface area contributed by atoms with Crippen molar-refractivity contribution in [2.45, 2.75) is 39.2 Å². The molecule has 3 rings (SSSR count). The average Bonchev–Trinajstić information content (AvgIpc) is 3.39. The van der Waals surface area contributed by atoms with Gasteiger partial charge in [-0.05, 0) is 38.7 Å². The molecule has 3 N–H and O–H groups in total. The number of guanidine groups is 1. The molecule has 8 nitrogen and oxygen atoms in total. The predicted octanol–water partition coefficient (Wildman–Crippen LogP) is 3.12. The zero-order valence-corrected chi connectivity index (χ0v) is 21.2. The Hall–Kier alpha value is -2.17. The van der Waals surface area contributed by atoms with Crippen molar-refractivity contribution in [2.24, 2.45) is 4.99 Å². The molecule has 0 spiro atoms. The molecule has 1 aliphatic rings. The SMILES string of the molecule is CCNC(=NCCCc1cn[nH]c1C)NC1CCN(c2cc(OC)cc(OC)c2)C1.I. The van der Waals surface area contributed by atoms with Crippen LogP contribution in [0, 0.1) is 6.92 Å². The number of nitrogens with zero attached hydrogens (tertiary/aromatic N) is 3. The molecule has 2 aromatic rings. The van der Waals surface area contributed by atoms with E-state index in [4.69, 9.17) is 14.5 Å². The fourth-order valence-corrected chi connectivity index (χ4v) is 3.69. The first kappa shape index (κ1) is 25.1. The maximum absolute atomic E-state index is 5.41. The molecule has 1 saturated heterocycles. The fraction of sp³-hybridized carbons (Fsp3) is 0.545. The number of rotatable bonds is 9. The van der Waals surface area contributed by atoms with E-state index >= 15 is 0 Å². The van der Waals surface area contributed by atoms with Gasteiger partial charge in [0.2, 0.25) is 0 Å². The van der Waals surface area contributed by atoms with Gasteiger partial charge >= 0.3 is 0 Å². The molecule has 2 heterocycles. The largest absolute Gasteiger partial charge is 0.497 e. The van der Waals surface area contributed by atoms with E-state index in [9.17, 15) is 0 Å². The van der Waals surface area contributed by atoms with Crippen molar-refractivity contribution in [3.8, 4) is 11.5 Å². The van der Waals surface area contributed by atoms with Gasteiger partial charge in [-0.2, -0.15) is 5.10 Å². The smallest absolute Gasteiger partial charge is 0.191 e. The van der Waals surface area contributed by atoms with Crippen LogP contribution in [0.25, 0.3) is 0 Å². The second-order valence-electron chi connectivity index (χ2n) is 7.53. The lowest BCUT2D eigenvalue weighted by Gasteiger charge is -2.21. The van der Waals surface area contributed by atoms with Crippen LogP contribution in [0.1, 0.15) is 31.0 Å². The van der Waals surface area contributed by atoms with Crippen LogP contribution in [-0.2, 0) is 6.42 Å². The van der Waals surface area contributed by atoms with Crippen LogP contribution >= 0.6 is 24.0 Å². The highest BCUT2D eigenvalue weighted by atomic mass is 127. The van der Waals surface area contributed by atoms with E-state index in [2.05, 4.69) is 51.7 Å². The van der Waals surface area contributed by atoms with Gasteiger partial charge in [0.05, 0.1) is 20.4 Å². The van der Waals surface area contributed by atoms with Crippen molar-refractivity contribution < 1.29 is 9.47 Å². The predicted molar refractivity (Wildman–Crippen MR) is 136 cm³/mol. The Morgan fingerprint density at radius 3 is 2.61 bits per heavy atom.